The lowest BCUT2D eigenvalue weighted by molar-refractivity contribution is -0.149. The number of hydrogen-bond donors (Lipinski definition) is 3. The number of sulfonamides is 1. The number of likely N-dealkylation sites (tertiary alicyclic amines) is 1. The molecule has 1 aromatic rings. The van der Waals surface area contributed by atoms with Crippen LogP contribution in [0.15, 0.2) is 29.2 Å². The summed E-state index contributed by atoms with van der Waals surface area (Å²) in [6.45, 7) is 13.1. The standard InChI is InChI=1S/C35H59N5O8S/c1-11-22(4)31(39(8)34(44)26(21(2)3)19-29(41)35(6,7)37)28(47-9)20-30(42)40-18-12-13-27(40)32(48-10)23(5)33(43)38-49(45,46)25-16-14-24(36)15-17-25/h14-17,21-23,26-28,31-32H,11-13,18-20,36-37H2,1-10H3,(H,38,43)/t22-,23+,26-,27-,28+,31-,32+/m0/s1. The predicted molar refractivity (Wildman–Crippen MR) is 189 cm³/mol. The van der Waals surface area contributed by atoms with E-state index in [1.54, 1.807) is 37.6 Å². The number of anilines is 1. The van der Waals surface area contributed by atoms with Gasteiger partial charge >= 0.3 is 0 Å². The first kappa shape index (κ1) is 42.1. The molecule has 0 aromatic heterocycles. The van der Waals surface area contributed by atoms with E-state index < -0.39 is 57.6 Å². The summed E-state index contributed by atoms with van der Waals surface area (Å²) in [5.74, 6) is -3.09. The van der Waals surface area contributed by atoms with E-state index in [2.05, 4.69) is 4.72 Å². The molecule has 1 aromatic carbocycles. The molecule has 0 aliphatic carbocycles. The number of nitrogens with one attached hydrogen (secondary N) is 1. The Morgan fingerprint density at radius 3 is 2.12 bits per heavy atom. The summed E-state index contributed by atoms with van der Waals surface area (Å²) >= 11 is 0. The van der Waals surface area contributed by atoms with E-state index in [-0.39, 0.29) is 47.2 Å². The second-order valence-electron chi connectivity index (χ2n) is 14.3. The molecule has 1 fully saturated rings. The summed E-state index contributed by atoms with van der Waals surface area (Å²) in [4.78, 5) is 57.3. The SMILES string of the molecule is CC[C@H](C)[C@@H]([C@@H](CC(=O)N1CCC[C@H]1[C@H](OC)[C@@H](C)C(=O)NS(=O)(=O)c1ccc(N)cc1)OC)N(C)C(=O)[C@@H](CC(=O)C(C)(C)N)C(C)C. The van der Waals surface area contributed by atoms with E-state index in [0.717, 1.165) is 0 Å². The van der Waals surface area contributed by atoms with Crippen LogP contribution in [0.4, 0.5) is 5.69 Å². The molecule has 278 valence electrons. The van der Waals surface area contributed by atoms with Crippen LogP contribution in [-0.2, 0) is 38.7 Å². The normalized spacial score (nSPS) is 19.1. The van der Waals surface area contributed by atoms with Crippen LogP contribution in [0.1, 0.15) is 80.6 Å². The van der Waals surface area contributed by atoms with Crippen molar-refractivity contribution in [2.24, 2.45) is 29.4 Å². The molecule has 0 spiro atoms. The van der Waals surface area contributed by atoms with Crippen LogP contribution in [0.2, 0.25) is 0 Å². The molecular weight excluding hydrogens is 650 g/mol. The molecule has 0 radical (unpaired) electrons. The lowest BCUT2D eigenvalue weighted by Crippen LogP contribution is -2.54. The number of ketones is 1. The summed E-state index contributed by atoms with van der Waals surface area (Å²) in [5.41, 5.74) is 11.0. The number of nitrogen functional groups attached to an aromatic ring is 1. The molecule has 13 nitrogen and oxygen atoms in total. The number of nitrogens with zero attached hydrogens (tertiary/aromatic N) is 2. The Hall–Kier alpha value is -3.07. The van der Waals surface area contributed by atoms with Gasteiger partial charge in [0.05, 0.1) is 47.1 Å². The minimum atomic E-state index is -4.16. The second-order valence-corrected chi connectivity index (χ2v) is 16.0. The van der Waals surface area contributed by atoms with Crippen molar-refractivity contribution >= 4 is 39.2 Å². The number of hydrogen-bond acceptors (Lipinski definition) is 10. The summed E-state index contributed by atoms with van der Waals surface area (Å²) in [7, 11) is 0.481. The number of ether oxygens (including phenoxy) is 2. The first-order valence-electron chi connectivity index (χ1n) is 17.1. The van der Waals surface area contributed by atoms with Gasteiger partial charge in [-0.05, 0) is 62.8 Å². The lowest BCUT2D eigenvalue weighted by atomic mass is 9.83. The van der Waals surface area contributed by atoms with Crippen LogP contribution in [0.25, 0.3) is 0 Å². The Bertz CT molecular complexity index is 1400. The lowest BCUT2D eigenvalue weighted by Gasteiger charge is -2.41. The van der Waals surface area contributed by atoms with Gasteiger partial charge < -0.3 is 30.7 Å². The Kier molecular flexibility index (Phi) is 15.2. The Labute approximate surface area is 292 Å². The van der Waals surface area contributed by atoms with Crippen LogP contribution < -0.4 is 16.2 Å². The maximum atomic E-state index is 14.0. The van der Waals surface area contributed by atoms with E-state index in [1.165, 1.54) is 38.5 Å². The van der Waals surface area contributed by atoms with Crippen LogP contribution >= 0.6 is 0 Å². The zero-order valence-corrected chi connectivity index (χ0v) is 31.7. The van der Waals surface area contributed by atoms with Gasteiger partial charge in [0.15, 0.2) is 5.78 Å². The highest BCUT2D eigenvalue weighted by Gasteiger charge is 2.43. The first-order chi connectivity index (χ1) is 22.7. The van der Waals surface area contributed by atoms with Crippen molar-refractivity contribution in [2.75, 3.05) is 33.5 Å². The summed E-state index contributed by atoms with van der Waals surface area (Å²) < 4.78 is 39.6. The molecule has 0 saturated carbocycles. The number of benzene rings is 1. The van der Waals surface area contributed by atoms with E-state index >= 15 is 0 Å². The zero-order chi connectivity index (χ0) is 37.4. The highest BCUT2D eigenvalue weighted by atomic mass is 32.2. The minimum Gasteiger partial charge on any atom is -0.399 e. The van der Waals surface area contributed by atoms with Crippen molar-refractivity contribution in [1.29, 1.82) is 0 Å². The number of carbonyl (C=O) groups excluding carboxylic acids is 4. The van der Waals surface area contributed by atoms with Crippen LogP contribution in [-0.4, -0.2) is 99.4 Å². The van der Waals surface area contributed by atoms with Gasteiger partial charge in [0.25, 0.3) is 10.0 Å². The highest BCUT2D eigenvalue weighted by Crippen LogP contribution is 2.31. The van der Waals surface area contributed by atoms with Gasteiger partial charge in [-0.2, -0.15) is 0 Å². The molecule has 3 amide bonds. The summed E-state index contributed by atoms with van der Waals surface area (Å²) in [5, 5.41) is 0. The molecule has 1 aliphatic heterocycles. The molecule has 0 unspecified atom stereocenters. The average molecular weight is 710 g/mol. The molecule has 14 heteroatoms. The van der Waals surface area contributed by atoms with E-state index in [0.29, 0.717) is 31.5 Å². The Balaban J connectivity index is 2.28. The molecular formula is C35H59N5O8S. The average Bonchev–Trinajstić information content (AvgIpc) is 3.51. The zero-order valence-electron chi connectivity index (χ0n) is 30.9. The number of rotatable bonds is 18. The predicted octanol–water partition coefficient (Wildman–Crippen LogP) is 2.96. The Morgan fingerprint density at radius 2 is 1.63 bits per heavy atom. The third kappa shape index (κ3) is 10.7. The van der Waals surface area contributed by atoms with Crippen molar-refractivity contribution < 1.29 is 37.1 Å². The minimum absolute atomic E-state index is 0.00898. The number of likely N-dealkylation sites (N-methyl/N-ethyl adjacent to an activating group) is 1. The van der Waals surface area contributed by atoms with Crippen molar-refractivity contribution in [1.82, 2.24) is 14.5 Å². The molecule has 49 heavy (non-hydrogen) atoms. The fraction of sp³-hybridized carbons (Fsp3) is 0.714. The van der Waals surface area contributed by atoms with Gasteiger partial charge in [0, 0.05) is 45.8 Å². The van der Waals surface area contributed by atoms with Gasteiger partial charge in [-0.1, -0.05) is 41.0 Å². The number of methoxy groups -OCH3 is 2. The number of Topliss-reactive ketones (excluding diaryl/α,β-unsaturated/α-hetero) is 1. The molecule has 1 heterocycles. The number of carbonyl (C=O) groups is 4. The molecule has 1 aliphatic rings. The molecule has 2 rings (SSSR count). The van der Waals surface area contributed by atoms with Crippen LogP contribution in [0.5, 0.6) is 0 Å². The molecule has 0 bridgehead atoms. The topological polar surface area (TPSA) is 191 Å². The summed E-state index contributed by atoms with van der Waals surface area (Å²) in [6, 6.07) is 4.52. The monoisotopic (exact) mass is 709 g/mol. The van der Waals surface area contributed by atoms with E-state index in [4.69, 9.17) is 20.9 Å². The van der Waals surface area contributed by atoms with E-state index in [9.17, 15) is 27.6 Å². The largest absolute Gasteiger partial charge is 0.399 e. The van der Waals surface area contributed by atoms with Crippen molar-refractivity contribution in [3.05, 3.63) is 24.3 Å². The molecule has 5 N–H and O–H groups in total. The van der Waals surface area contributed by atoms with Gasteiger partial charge in [0.2, 0.25) is 17.7 Å². The third-order valence-electron chi connectivity index (χ3n) is 9.93. The van der Waals surface area contributed by atoms with Crippen LogP contribution in [0.3, 0.4) is 0 Å². The van der Waals surface area contributed by atoms with Gasteiger partial charge in [-0.3, -0.25) is 19.2 Å². The smallest absolute Gasteiger partial charge is 0.264 e. The van der Waals surface area contributed by atoms with Crippen molar-refractivity contribution in [2.45, 2.75) is 115 Å². The fourth-order valence-corrected chi connectivity index (χ4v) is 7.63. The van der Waals surface area contributed by atoms with Crippen molar-refractivity contribution in [3.63, 3.8) is 0 Å². The molecule has 1 saturated heterocycles. The Morgan fingerprint density at radius 1 is 1.04 bits per heavy atom. The summed E-state index contributed by atoms with van der Waals surface area (Å²) in [6.07, 6.45) is 0.443. The van der Waals surface area contributed by atoms with Gasteiger partial charge in [0.1, 0.15) is 0 Å². The second kappa shape index (κ2) is 17.7. The highest BCUT2D eigenvalue weighted by molar-refractivity contribution is 7.90. The third-order valence-corrected chi connectivity index (χ3v) is 11.3. The molecule has 7 atom stereocenters. The quantitative estimate of drug-likeness (QED) is 0.191. The number of amides is 3. The fourth-order valence-electron chi connectivity index (χ4n) is 6.57. The maximum Gasteiger partial charge on any atom is 0.264 e. The van der Waals surface area contributed by atoms with Crippen molar-refractivity contribution in [3.8, 4) is 0 Å². The van der Waals surface area contributed by atoms with Crippen LogP contribution in [0, 0.1) is 23.7 Å². The van der Waals surface area contributed by atoms with E-state index in [1.807, 2.05) is 27.7 Å². The maximum absolute atomic E-state index is 14.0. The van der Waals surface area contributed by atoms with Gasteiger partial charge in [-0.15, -0.1) is 0 Å². The first-order valence-corrected chi connectivity index (χ1v) is 18.6. The van der Waals surface area contributed by atoms with Gasteiger partial charge in [-0.25, -0.2) is 13.1 Å². The number of nitrogens with two attached hydrogens (primary N) is 2.